The molecule has 6 nitrogen and oxygen atoms in total. The first-order chi connectivity index (χ1) is 12.3. The van der Waals surface area contributed by atoms with Crippen molar-refractivity contribution in [2.75, 3.05) is 4.90 Å². The molecule has 3 aromatic rings. The molecular formula is C18H11BrN2O4S. The number of primary sulfonamides is 1. The Hall–Kier alpha value is -2.55. The van der Waals surface area contributed by atoms with Crippen molar-refractivity contribution >= 4 is 54.2 Å². The predicted molar refractivity (Wildman–Crippen MR) is 101 cm³/mol. The number of hydrogen-bond acceptors (Lipinski definition) is 4. The van der Waals surface area contributed by atoms with Crippen molar-refractivity contribution in [3.05, 3.63) is 70.2 Å². The second-order valence-electron chi connectivity index (χ2n) is 5.81. The normalized spacial score (nSPS) is 14.2. The molecule has 2 amide bonds. The van der Waals surface area contributed by atoms with Crippen molar-refractivity contribution in [2.24, 2.45) is 5.14 Å². The topological polar surface area (TPSA) is 97.5 Å². The van der Waals surface area contributed by atoms with E-state index in [-0.39, 0.29) is 10.6 Å². The number of carbonyl (C=O) groups is 2. The molecule has 1 aliphatic rings. The number of rotatable bonds is 2. The van der Waals surface area contributed by atoms with Gasteiger partial charge in [-0.05, 0) is 41.8 Å². The second-order valence-corrected chi connectivity index (χ2v) is 8.23. The number of halogens is 1. The van der Waals surface area contributed by atoms with E-state index in [1.807, 2.05) is 6.07 Å². The molecule has 8 heteroatoms. The SMILES string of the molecule is NS(=O)(=O)c1cccc(N2C(=O)c3cccc4c(Br)ccc(c34)C2=O)c1. The van der Waals surface area contributed by atoms with Crippen LogP contribution in [0.5, 0.6) is 0 Å². The van der Waals surface area contributed by atoms with Gasteiger partial charge >= 0.3 is 0 Å². The van der Waals surface area contributed by atoms with Gasteiger partial charge in [-0.3, -0.25) is 9.59 Å². The molecule has 2 N–H and O–H groups in total. The molecule has 0 saturated heterocycles. The third kappa shape index (κ3) is 2.45. The Balaban J connectivity index is 1.96. The van der Waals surface area contributed by atoms with E-state index < -0.39 is 21.8 Å². The average Bonchev–Trinajstić information content (AvgIpc) is 2.60. The lowest BCUT2D eigenvalue weighted by Gasteiger charge is -2.27. The maximum absolute atomic E-state index is 13.0. The smallest absolute Gasteiger partial charge is 0.265 e. The second kappa shape index (κ2) is 5.73. The van der Waals surface area contributed by atoms with Gasteiger partial charge in [0.05, 0.1) is 10.6 Å². The molecule has 0 atom stereocenters. The zero-order chi connectivity index (χ0) is 18.6. The third-order valence-corrected chi connectivity index (χ3v) is 5.86. The van der Waals surface area contributed by atoms with Gasteiger partial charge in [-0.25, -0.2) is 18.5 Å². The van der Waals surface area contributed by atoms with E-state index in [1.54, 1.807) is 24.3 Å². The maximum Gasteiger partial charge on any atom is 0.265 e. The largest absolute Gasteiger partial charge is 0.268 e. The van der Waals surface area contributed by atoms with Crippen molar-refractivity contribution in [1.29, 1.82) is 0 Å². The molecule has 130 valence electrons. The van der Waals surface area contributed by atoms with Crippen molar-refractivity contribution in [3.63, 3.8) is 0 Å². The number of anilines is 1. The number of nitrogens with zero attached hydrogens (tertiary/aromatic N) is 1. The zero-order valence-electron chi connectivity index (χ0n) is 13.1. The molecule has 0 fully saturated rings. The van der Waals surface area contributed by atoms with Gasteiger partial charge in [0.1, 0.15) is 0 Å². The van der Waals surface area contributed by atoms with E-state index in [9.17, 15) is 18.0 Å². The summed E-state index contributed by atoms with van der Waals surface area (Å²) in [5, 5.41) is 6.50. The van der Waals surface area contributed by atoms with Gasteiger partial charge in [0.25, 0.3) is 11.8 Å². The highest BCUT2D eigenvalue weighted by Gasteiger charge is 2.34. The molecule has 0 saturated carbocycles. The van der Waals surface area contributed by atoms with Crippen LogP contribution >= 0.6 is 15.9 Å². The maximum atomic E-state index is 13.0. The number of amides is 2. The van der Waals surface area contributed by atoms with Crippen molar-refractivity contribution in [1.82, 2.24) is 0 Å². The molecular weight excluding hydrogens is 420 g/mol. The quantitative estimate of drug-likeness (QED) is 0.631. The van der Waals surface area contributed by atoms with Crippen LogP contribution in [0.15, 0.2) is 64.0 Å². The van der Waals surface area contributed by atoms with E-state index in [1.165, 1.54) is 24.3 Å². The van der Waals surface area contributed by atoms with Gasteiger partial charge in [-0.15, -0.1) is 0 Å². The first kappa shape index (κ1) is 16.9. The van der Waals surface area contributed by atoms with Crippen LogP contribution < -0.4 is 10.0 Å². The monoisotopic (exact) mass is 430 g/mol. The van der Waals surface area contributed by atoms with Crippen LogP contribution in [0, 0.1) is 0 Å². The average molecular weight is 431 g/mol. The number of nitrogens with two attached hydrogens (primary N) is 1. The lowest BCUT2D eigenvalue weighted by molar-refractivity contribution is 0.0893. The molecule has 4 rings (SSSR count). The number of carbonyl (C=O) groups excluding carboxylic acids is 2. The van der Waals surface area contributed by atoms with E-state index in [0.29, 0.717) is 16.5 Å². The van der Waals surface area contributed by atoms with Crippen LogP contribution in [0.2, 0.25) is 0 Å². The van der Waals surface area contributed by atoms with Crippen LogP contribution in [0.1, 0.15) is 20.7 Å². The highest BCUT2D eigenvalue weighted by atomic mass is 79.9. The summed E-state index contributed by atoms with van der Waals surface area (Å²) in [5.41, 5.74) is 0.899. The lowest BCUT2D eigenvalue weighted by atomic mass is 9.94. The molecule has 0 aliphatic carbocycles. The fourth-order valence-electron chi connectivity index (χ4n) is 3.09. The minimum Gasteiger partial charge on any atom is -0.268 e. The van der Waals surface area contributed by atoms with Crippen LogP contribution in [0.3, 0.4) is 0 Å². The Morgan fingerprint density at radius 1 is 0.885 bits per heavy atom. The standard InChI is InChI=1S/C18H11BrN2O4S/c19-15-8-7-14-16-12(15)5-2-6-13(16)17(22)21(18(14)23)10-3-1-4-11(9-10)26(20,24)25/h1-9H,(H2,20,24,25). The molecule has 0 unspecified atom stereocenters. The Bertz CT molecular complexity index is 1200. The summed E-state index contributed by atoms with van der Waals surface area (Å²) >= 11 is 3.43. The molecule has 3 aromatic carbocycles. The number of benzene rings is 3. The van der Waals surface area contributed by atoms with Gasteiger partial charge < -0.3 is 0 Å². The molecule has 0 bridgehead atoms. The summed E-state index contributed by atoms with van der Waals surface area (Å²) in [7, 11) is -3.96. The Kier molecular flexibility index (Phi) is 3.72. The summed E-state index contributed by atoms with van der Waals surface area (Å²) in [6.07, 6.45) is 0. The molecule has 26 heavy (non-hydrogen) atoms. The Labute approximate surface area is 157 Å². The summed E-state index contributed by atoms with van der Waals surface area (Å²) in [4.78, 5) is 26.8. The van der Waals surface area contributed by atoms with Gasteiger partial charge in [0, 0.05) is 21.0 Å². The van der Waals surface area contributed by atoms with Gasteiger partial charge in [-0.1, -0.05) is 34.1 Å². The summed E-state index contributed by atoms with van der Waals surface area (Å²) < 4.78 is 24.0. The number of imide groups is 1. The minimum absolute atomic E-state index is 0.150. The summed E-state index contributed by atoms with van der Waals surface area (Å²) in [5.74, 6) is -1.03. The number of hydrogen-bond donors (Lipinski definition) is 1. The molecule has 0 radical (unpaired) electrons. The van der Waals surface area contributed by atoms with Gasteiger partial charge in [0.2, 0.25) is 10.0 Å². The summed E-state index contributed by atoms with van der Waals surface area (Å²) in [6, 6.07) is 14.0. The van der Waals surface area contributed by atoms with Crippen molar-refractivity contribution in [2.45, 2.75) is 4.90 Å². The fourth-order valence-corrected chi connectivity index (χ4v) is 4.11. The fraction of sp³-hybridized carbons (Fsp3) is 0. The first-order valence-corrected chi connectivity index (χ1v) is 9.86. The van der Waals surface area contributed by atoms with Crippen LogP contribution in [-0.2, 0) is 10.0 Å². The zero-order valence-corrected chi connectivity index (χ0v) is 15.5. The van der Waals surface area contributed by atoms with Crippen LogP contribution in [0.4, 0.5) is 5.69 Å². The van der Waals surface area contributed by atoms with Crippen LogP contribution in [0.25, 0.3) is 10.8 Å². The summed E-state index contributed by atoms with van der Waals surface area (Å²) in [6.45, 7) is 0. The van der Waals surface area contributed by atoms with Gasteiger partial charge in [-0.2, -0.15) is 0 Å². The Morgan fingerprint density at radius 3 is 2.23 bits per heavy atom. The number of sulfonamides is 1. The molecule has 0 spiro atoms. The van der Waals surface area contributed by atoms with E-state index in [4.69, 9.17) is 5.14 Å². The van der Waals surface area contributed by atoms with Gasteiger partial charge in [0.15, 0.2) is 0 Å². The van der Waals surface area contributed by atoms with Crippen molar-refractivity contribution < 1.29 is 18.0 Å². The van der Waals surface area contributed by atoms with E-state index >= 15 is 0 Å². The molecule has 0 aromatic heterocycles. The predicted octanol–water partition coefficient (Wildman–Crippen LogP) is 3.05. The lowest BCUT2D eigenvalue weighted by Crippen LogP contribution is -2.40. The van der Waals surface area contributed by atoms with E-state index in [0.717, 1.165) is 14.8 Å². The van der Waals surface area contributed by atoms with Crippen LogP contribution in [-0.4, -0.2) is 20.2 Å². The Morgan fingerprint density at radius 2 is 1.54 bits per heavy atom. The first-order valence-electron chi connectivity index (χ1n) is 7.52. The van der Waals surface area contributed by atoms with Crippen molar-refractivity contribution in [3.8, 4) is 0 Å². The minimum atomic E-state index is -3.96. The highest BCUT2D eigenvalue weighted by molar-refractivity contribution is 9.10. The third-order valence-electron chi connectivity index (χ3n) is 4.26. The molecule has 1 aliphatic heterocycles. The molecule has 1 heterocycles. The van der Waals surface area contributed by atoms with E-state index in [2.05, 4.69) is 15.9 Å². The highest BCUT2D eigenvalue weighted by Crippen LogP contribution is 2.36.